The highest BCUT2D eigenvalue weighted by Crippen LogP contribution is 2.24. The molecular weight excluding hydrogens is 236 g/mol. The predicted molar refractivity (Wildman–Crippen MR) is 77.0 cm³/mol. The van der Waals surface area contributed by atoms with Gasteiger partial charge in [0.1, 0.15) is 0 Å². The van der Waals surface area contributed by atoms with Crippen molar-refractivity contribution in [2.75, 3.05) is 6.54 Å². The lowest BCUT2D eigenvalue weighted by atomic mass is 10.1. The standard InChI is InChI=1S/C16H20N2O/c1-11-7-12(2)18(10-11)16(19)8-13-9-17-15-6-4-3-5-14(13)15/h3-6,9,11-12,17H,7-8,10H2,1-2H3. The second kappa shape index (κ2) is 4.72. The Labute approximate surface area is 113 Å². The zero-order valence-electron chi connectivity index (χ0n) is 11.5. The van der Waals surface area contributed by atoms with E-state index in [2.05, 4.69) is 24.9 Å². The van der Waals surface area contributed by atoms with Crippen molar-refractivity contribution in [1.29, 1.82) is 0 Å². The lowest BCUT2D eigenvalue weighted by Crippen LogP contribution is -2.35. The van der Waals surface area contributed by atoms with E-state index < -0.39 is 0 Å². The summed E-state index contributed by atoms with van der Waals surface area (Å²) in [6.07, 6.45) is 3.59. The maximum absolute atomic E-state index is 12.4. The van der Waals surface area contributed by atoms with Gasteiger partial charge in [0.25, 0.3) is 0 Å². The summed E-state index contributed by atoms with van der Waals surface area (Å²) < 4.78 is 0. The van der Waals surface area contributed by atoms with Gasteiger partial charge < -0.3 is 9.88 Å². The van der Waals surface area contributed by atoms with Crippen LogP contribution in [0.3, 0.4) is 0 Å². The van der Waals surface area contributed by atoms with Gasteiger partial charge in [0.05, 0.1) is 6.42 Å². The van der Waals surface area contributed by atoms with E-state index in [1.807, 2.05) is 29.3 Å². The van der Waals surface area contributed by atoms with Crippen molar-refractivity contribution in [3.8, 4) is 0 Å². The molecule has 2 heterocycles. The molecule has 2 unspecified atom stereocenters. The minimum atomic E-state index is 0.251. The number of likely N-dealkylation sites (tertiary alicyclic amines) is 1. The summed E-state index contributed by atoms with van der Waals surface area (Å²) in [7, 11) is 0. The first-order chi connectivity index (χ1) is 9.15. The maximum atomic E-state index is 12.4. The number of aromatic amines is 1. The third kappa shape index (κ3) is 2.25. The van der Waals surface area contributed by atoms with E-state index in [0.717, 1.165) is 29.4 Å². The van der Waals surface area contributed by atoms with Crippen LogP contribution in [0.1, 0.15) is 25.8 Å². The highest BCUT2D eigenvalue weighted by atomic mass is 16.2. The van der Waals surface area contributed by atoms with Crippen LogP contribution >= 0.6 is 0 Å². The van der Waals surface area contributed by atoms with Crippen LogP contribution in [-0.4, -0.2) is 28.4 Å². The van der Waals surface area contributed by atoms with Gasteiger partial charge in [0.15, 0.2) is 0 Å². The molecule has 100 valence electrons. The van der Waals surface area contributed by atoms with Gasteiger partial charge in [-0.2, -0.15) is 0 Å². The Morgan fingerprint density at radius 1 is 1.37 bits per heavy atom. The number of benzene rings is 1. The molecule has 0 bridgehead atoms. The lowest BCUT2D eigenvalue weighted by Gasteiger charge is -2.21. The van der Waals surface area contributed by atoms with Crippen molar-refractivity contribution < 1.29 is 4.79 Å². The minimum absolute atomic E-state index is 0.251. The Kier molecular flexibility index (Phi) is 3.05. The molecule has 0 saturated carbocycles. The Morgan fingerprint density at radius 2 is 2.16 bits per heavy atom. The van der Waals surface area contributed by atoms with E-state index in [0.29, 0.717) is 18.4 Å². The summed E-state index contributed by atoms with van der Waals surface area (Å²) >= 11 is 0. The Morgan fingerprint density at radius 3 is 2.89 bits per heavy atom. The van der Waals surface area contributed by atoms with Crippen LogP contribution < -0.4 is 0 Å². The fourth-order valence-electron chi connectivity index (χ4n) is 3.19. The number of hydrogen-bond acceptors (Lipinski definition) is 1. The normalized spacial score (nSPS) is 23.2. The Bertz CT molecular complexity index is 602. The van der Waals surface area contributed by atoms with E-state index in [-0.39, 0.29) is 5.91 Å². The number of rotatable bonds is 2. The number of nitrogens with one attached hydrogen (secondary N) is 1. The molecule has 1 aliphatic rings. The molecule has 1 saturated heterocycles. The fourth-order valence-corrected chi connectivity index (χ4v) is 3.19. The maximum Gasteiger partial charge on any atom is 0.227 e. The van der Waals surface area contributed by atoms with Crippen molar-refractivity contribution in [2.45, 2.75) is 32.7 Å². The molecule has 19 heavy (non-hydrogen) atoms. The molecule has 1 fully saturated rings. The molecule has 2 aromatic rings. The number of nitrogens with zero attached hydrogens (tertiary/aromatic N) is 1. The summed E-state index contributed by atoms with van der Waals surface area (Å²) in [5.74, 6) is 0.878. The summed E-state index contributed by atoms with van der Waals surface area (Å²) in [4.78, 5) is 17.7. The van der Waals surface area contributed by atoms with E-state index in [1.165, 1.54) is 0 Å². The third-order valence-electron chi connectivity index (χ3n) is 4.12. The number of fused-ring (bicyclic) bond motifs is 1. The number of aromatic nitrogens is 1. The van der Waals surface area contributed by atoms with E-state index in [9.17, 15) is 4.79 Å². The van der Waals surface area contributed by atoms with Crippen molar-refractivity contribution >= 4 is 16.8 Å². The van der Waals surface area contributed by atoms with Gasteiger partial charge in [-0.3, -0.25) is 4.79 Å². The van der Waals surface area contributed by atoms with Gasteiger partial charge in [-0.15, -0.1) is 0 Å². The highest BCUT2D eigenvalue weighted by Gasteiger charge is 2.29. The largest absolute Gasteiger partial charge is 0.361 e. The van der Waals surface area contributed by atoms with Crippen molar-refractivity contribution in [1.82, 2.24) is 9.88 Å². The first-order valence-corrected chi connectivity index (χ1v) is 6.99. The molecule has 3 heteroatoms. The van der Waals surface area contributed by atoms with Gasteiger partial charge in [-0.05, 0) is 30.9 Å². The van der Waals surface area contributed by atoms with E-state index in [4.69, 9.17) is 0 Å². The van der Waals surface area contributed by atoms with Gasteiger partial charge in [-0.25, -0.2) is 0 Å². The average molecular weight is 256 g/mol. The summed E-state index contributed by atoms with van der Waals surface area (Å²) in [5, 5.41) is 1.16. The highest BCUT2D eigenvalue weighted by molar-refractivity contribution is 5.89. The smallest absolute Gasteiger partial charge is 0.227 e. The second-order valence-electron chi connectivity index (χ2n) is 5.77. The molecule has 0 spiro atoms. The summed E-state index contributed by atoms with van der Waals surface area (Å²) in [5.41, 5.74) is 2.21. The topological polar surface area (TPSA) is 36.1 Å². The van der Waals surface area contributed by atoms with Crippen LogP contribution in [0.4, 0.5) is 0 Å². The van der Waals surface area contributed by atoms with Crippen molar-refractivity contribution in [3.05, 3.63) is 36.0 Å². The molecule has 1 aliphatic heterocycles. The number of H-pyrrole nitrogens is 1. The number of carbonyl (C=O) groups is 1. The van der Waals surface area contributed by atoms with Crippen LogP contribution in [-0.2, 0) is 11.2 Å². The molecule has 3 nitrogen and oxygen atoms in total. The zero-order chi connectivity index (χ0) is 13.4. The SMILES string of the molecule is CC1CC(C)N(C(=O)Cc2c[nH]c3ccccc23)C1. The molecule has 1 N–H and O–H groups in total. The van der Waals surface area contributed by atoms with E-state index in [1.54, 1.807) is 0 Å². The van der Waals surface area contributed by atoms with Crippen molar-refractivity contribution in [3.63, 3.8) is 0 Å². The number of hydrogen-bond donors (Lipinski definition) is 1. The minimum Gasteiger partial charge on any atom is -0.361 e. The summed E-state index contributed by atoms with van der Waals surface area (Å²) in [6.45, 7) is 5.27. The van der Waals surface area contributed by atoms with E-state index >= 15 is 0 Å². The van der Waals surface area contributed by atoms with Gasteiger partial charge in [0, 0.05) is 29.7 Å². The third-order valence-corrected chi connectivity index (χ3v) is 4.12. The lowest BCUT2D eigenvalue weighted by molar-refractivity contribution is -0.131. The number of amides is 1. The first kappa shape index (κ1) is 12.3. The average Bonchev–Trinajstić information content (AvgIpc) is 2.94. The van der Waals surface area contributed by atoms with Crippen molar-refractivity contribution in [2.24, 2.45) is 5.92 Å². The van der Waals surface area contributed by atoms with Gasteiger partial charge in [0.2, 0.25) is 5.91 Å². The fraction of sp³-hybridized carbons (Fsp3) is 0.438. The molecule has 0 aliphatic carbocycles. The molecule has 0 radical (unpaired) electrons. The number of para-hydroxylation sites is 1. The first-order valence-electron chi connectivity index (χ1n) is 6.99. The number of carbonyl (C=O) groups excluding carboxylic acids is 1. The Hall–Kier alpha value is -1.77. The second-order valence-corrected chi connectivity index (χ2v) is 5.77. The molecule has 3 rings (SSSR count). The molecule has 1 amide bonds. The monoisotopic (exact) mass is 256 g/mol. The van der Waals surface area contributed by atoms with Crippen LogP contribution in [0.5, 0.6) is 0 Å². The van der Waals surface area contributed by atoms with Crippen LogP contribution in [0, 0.1) is 5.92 Å². The summed E-state index contributed by atoms with van der Waals surface area (Å²) in [6, 6.07) is 8.53. The van der Waals surface area contributed by atoms with Gasteiger partial charge in [-0.1, -0.05) is 25.1 Å². The molecule has 1 aromatic heterocycles. The Balaban J connectivity index is 1.80. The molecule has 2 atom stereocenters. The molecule has 1 aromatic carbocycles. The molecular formula is C16H20N2O. The zero-order valence-corrected chi connectivity index (χ0v) is 11.5. The van der Waals surface area contributed by atoms with Crippen LogP contribution in [0.2, 0.25) is 0 Å². The quantitative estimate of drug-likeness (QED) is 0.881. The van der Waals surface area contributed by atoms with Gasteiger partial charge >= 0.3 is 0 Å². The predicted octanol–water partition coefficient (Wildman–Crippen LogP) is 2.97. The van der Waals surface area contributed by atoms with Crippen LogP contribution in [0.15, 0.2) is 30.5 Å². The van der Waals surface area contributed by atoms with Crippen LogP contribution in [0.25, 0.3) is 10.9 Å².